The van der Waals surface area contributed by atoms with E-state index in [0.29, 0.717) is 49.6 Å². The van der Waals surface area contributed by atoms with Crippen LogP contribution < -0.4 is 10.5 Å². The van der Waals surface area contributed by atoms with Gasteiger partial charge in [0.1, 0.15) is 11.4 Å². The zero-order valence-corrected chi connectivity index (χ0v) is 23.9. The summed E-state index contributed by atoms with van der Waals surface area (Å²) in [7, 11) is 0. The molecule has 1 aromatic carbocycles. The molecule has 9 heteroatoms. The molecule has 218 valence electrons. The van der Waals surface area contributed by atoms with E-state index in [1.54, 1.807) is 30.2 Å². The minimum atomic E-state index is -1.09. The third-order valence-corrected chi connectivity index (χ3v) is 8.65. The number of carbonyl (C=O) groups excluding carboxylic acids is 2. The topological polar surface area (TPSA) is 109 Å². The van der Waals surface area contributed by atoms with Crippen LogP contribution in [-0.2, 0) is 4.79 Å². The monoisotopic (exact) mass is 554 g/mol. The first-order chi connectivity index (χ1) is 19.0. The second-order valence-electron chi connectivity index (χ2n) is 11.8. The highest BCUT2D eigenvalue weighted by molar-refractivity contribution is 5.96. The number of nitrogens with zero attached hydrogens (tertiary/aromatic N) is 3. The average molecular weight is 555 g/mol. The molecule has 2 saturated heterocycles. The van der Waals surface area contributed by atoms with Gasteiger partial charge in [-0.1, -0.05) is 26.0 Å². The number of hydrogen-bond donors (Lipinski definition) is 2. The van der Waals surface area contributed by atoms with Gasteiger partial charge in [0.25, 0.3) is 5.91 Å². The van der Waals surface area contributed by atoms with Crippen LogP contribution in [0.1, 0.15) is 69.7 Å². The molecule has 2 amide bonds. The van der Waals surface area contributed by atoms with Gasteiger partial charge >= 0.3 is 0 Å². The second kappa shape index (κ2) is 12.6. The smallest absolute Gasteiger partial charge is 0.254 e. The van der Waals surface area contributed by atoms with Crippen LogP contribution in [0, 0.1) is 5.92 Å². The van der Waals surface area contributed by atoms with Crippen LogP contribution in [0.5, 0.6) is 5.75 Å². The molecule has 2 atom stereocenters. The molecule has 3 heterocycles. The summed E-state index contributed by atoms with van der Waals surface area (Å²) in [5.74, 6) is 0.408. The molecular formula is C31H43FN4O4. The van der Waals surface area contributed by atoms with E-state index in [1.165, 1.54) is 0 Å². The molecule has 0 aliphatic carbocycles. The fourth-order valence-corrected chi connectivity index (χ4v) is 5.96. The lowest BCUT2D eigenvalue weighted by Gasteiger charge is -2.36. The summed E-state index contributed by atoms with van der Waals surface area (Å²) in [5, 5.41) is 10.2. The third kappa shape index (κ3) is 7.18. The number of nitrogens with two attached hydrogens (primary N) is 1. The number of alkyl halides is 1. The molecule has 0 bridgehead atoms. The Morgan fingerprint density at radius 1 is 1.15 bits per heavy atom. The lowest BCUT2D eigenvalue weighted by Crippen LogP contribution is -2.47. The van der Waals surface area contributed by atoms with E-state index in [0.717, 1.165) is 37.2 Å². The highest BCUT2D eigenvalue weighted by Crippen LogP contribution is 2.34. The number of primary amides is 1. The molecule has 8 nitrogen and oxygen atoms in total. The number of pyridine rings is 1. The Bertz CT molecular complexity index is 1150. The van der Waals surface area contributed by atoms with Crippen LogP contribution >= 0.6 is 0 Å². The predicted octanol–water partition coefficient (Wildman–Crippen LogP) is 4.21. The van der Waals surface area contributed by atoms with Crippen molar-refractivity contribution in [1.29, 1.82) is 0 Å². The van der Waals surface area contributed by atoms with Crippen LogP contribution in [0.3, 0.4) is 0 Å². The lowest BCUT2D eigenvalue weighted by atomic mass is 9.93. The Labute approximate surface area is 236 Å². The number of piperidine rings is 1. The van der Waals surface area contributed by atoms with Crippen molar-refractivity contribution in [3.05, 3.63) is 48.2 Å². The summed E-state index contributed by atoms with van der Waals surface area (Å²) >= 11 is 0. The summed E-state index contributed by atoms with van der Waals surface area (Å²) in [6.07, 6.45) is 4.45. The first kappa shape index (κ1) is 29.9. The van der Waals surface area contributed by atoms with Crippen molar-refractivity contribution in [2.24, 2.45) is 11.7 Å². The van der Waals surface area contributed by atoms with E-state index in [1.807, 2.05) is 38.1 Å². The standard InChI is InChI=1S/C31H43FN4O4/c1-4-31(32,5-2)21-35-14-12-22(13-15-35)20-40-26-10-11-27(34-18-26)23-6-8-24(9-7-23)29(39)36-19-25(37)16-30(36,3)17-28(33)38/h6-11,18,22,25,37H,4-5,12-17,19-21H2,1-3H3,(H2,33,38)/t25-,30?/m1/s1. The molecule has 2 aliphatic rings. The Hall–Kier alpha value is -3.04. The van der Waals surface area contributed by atoms with Crippen LogP contribution in [0.4, 0.5) is 4.39 Å². The summed E-state index contributed by atoms with van der Waals surface area (Å²) in [6, 6.07) is 10.9. The van der Waals surface area contributed by atoms with Crippen molar-refractivity contribution >= 4 is 11.8 Å². The minimum absolute atomic E-state index is 0.00308. The van der Waals surface area contributed by atoms with Crippen molar-refractivity contribution < 1.29 is 23.8 Å². The highest BCUT2D eigenvalue weighted by atomic mass is 19.1. The van der Waals surface area contributed by atoms with Gasteiger partial charge in [0, 0.05) is 30.6 Å². The molecule has 40 heavy (non-hydrogen) atoms. The van der Waals surface area contributed by atoms with Gasteiger partial charge in [-0.25, -0.2) is 4.39 Å². The molecule has 2 fully saturated rings. The molecule has 3 N–H and O–H groups in total. The number of carbonyl (C=O) groups is 2. The fourth-order valence-electron chi connectivity index (χ4n) is 5.96. The van der Waals surface area contributed by atoms with Crippen LogP contribution in [0.15, 0.2) is 42.6 Å². The number of aromatic nitrogens is 1. The summed E-state index contributed by atoms with van der Waals surface area (Å²) < 4.78 is 20.8. The number of β-amino-alcohol motifs (C(OH)–C–C–N with tert-alkyl or cyclic N) is 1. The van der Waals surface area contributed by atoms with Crippen molar-refractivity contribution in [2.45, 2.75) is 76.6 Å². The van der Waals surface area contributed by atoms with Crippen molar-refractivity contribution in [3.63, 3.8) is 0 Å². The van der Waals surface area contributed by atoms with E-state index >= 15 is 0 Å². The largest absolute Gasteiger partial charge is 0.492 e. The SMILES string of the molecule is CCC(F)(CC)CN1CCC(COc2ccc(-c3ccc(C(=O)N4C[C@H](O)CC4(C)CC(N)=O)cc3)nc2)CC1. The Morgan fingerprint density at radius 2 is 1.82 bits per heavy atom. The van der Waals surface area contributed by atoms with E-state index in [4.69, 9.17) is 10.5 Å². The van der Waals surface area contributed by atoms with Gasteiger partial charge in [-0.2, -0.15) is 0 Å². The van der Waals surface area contributed by atoms with Gasteiger partial charge in [0.15, 0.2) is 0 Å². The van der Waals surface area contributed by atoms with Gasteiger partial charge in [0.05, 0.1) is 30.1 Å². The number of hydrogen-bond acceptors (Lipinski definition) is 6. The molecular weight excluding hydrogens is 511 g/mol. The summed E-state index contributed by atoms with van der Waals surface area (Å²) in [6.45, 7) is 8.74. The quantitative estimate of drug-likeness (QED) is 0.431. The third-order valence-electron chi connectivity index (χ3n) is 8.65. The molecule has 0 spiro atoms. The number of likely N-dealkylation sites (tertiary alicyclic amines) is 2. The van der Waals surface area contributed by atoms with Crippen molar-refractivity contribution in [1.82, 2.24) is 14.8 Å². The van der Waals surface area contributed by atoms with E-state index in [9.17, 15) is 19.1 Å². The lowest BCUT2D eigenvalue weighted by molar-refractivity contribution is -0.120. The van der Waals surface area contributed by atoms with E-state index in [2.05, 4.69) is 9.88 Å². The van der Waals surface area contributed by atoms with E-state index in [-0.39, 0.29) is 18.9 Å². The zero-order chi connectivity index (χ0) is 28.9. The second-order valence-corrected chi connectivity index (χ2v) is 11.8. The Kier molecular flexibility index (Phi) is 9.46. The van der Waals surface area contributed by atoms with Gasteiger partial charge < -0.3 is 25.4 Å². The molecule has 4 rings (SSSR count). The normalized spacial score (nSPS) is 22.4. The number of benzene rings is 1. The van der Waals surface area contributed by atoms with Crippen molar-refractivity contribution in [3.8, 4) is 17.0 Å². The first-order valence-electron chi connectivity index (χ1n) is 14.4. The van der Waals surface area contributed by atoms with Crippen LogP contribution in [0.2, 0.25) is 0 Å². The number of aliphatic hydroxyl groups excluding tert-OH is 1. The van der Waals surface area contributed by atoms with Gasteiger partial charge in [0.2, 0.25) is 5.91 Å². The Balaban J connectivity index is 1.29. The van der Waals surface area contributed by atoms with Crippen molar-refractivity contribution in [2.75, 3.05) is 32.8 Å². The molecule has 1 aromatic heterocycles. The minimum Gasteiger partial charge on any atom is -0.492 e. The fraction of sp³-hybridized carbons (Fsp3) is 0.581. The maximum absolute atomic E-state index is 14.7. The predicted molar refractivity (Wildman–Crippen MR) is 153 cm³/mol. The van der Waals surface area contributed by atoms with Gasteiger partial charge in [-0.05, 0) is 82.3 Å². The number of amides is 2. The molecule has 1 unspecified atom stereocenters. The average Bonchev–Trinajstić information content (AvgIpc) is 3.25. The number of aliphatic hydroxyl groups is 1. The molecule has 2 aliphatic heterocycles. The summed E-state index contributed by atoms with van der Waals surface area (Å²) in [4.78, 5) is 33.1. The Morgan fingerprint density at radius 3 is 2.40 bits per heavy atom. The molecule has 0 saturated carbocycles. The summed E-state index contributed by atoms with van der Waals surface area (Å²) in [5.41, 5.74) is 5.60. The number of ether oxygens (including phenoxy) is 1. The highest BCUT2D eigenvalue weighted by Gasteiger charge is 2.45. The van der Waals surface area contributed by atoms with Gasteiger partial charge in [-0.15, -0.1) is 0 Å². The molecule has 0 radical (unpaired) electrons. The van der Waals surface area contributed by atoms with Crippen LogP contribution in [0.25, 0.3) is 11.3 Å². The van der Waals surface area contributed by atoms with Gasteiger partial charge in [-0.3, -0.25) is 14.6 Å². The number of halogens is 1. The van der Waals surface area contributed by atoms with E-state index < -0.39 is 23.2 Å². The number of rotatable bonds is 11. The maximum Gasteiger partial charge on any atom is 0.254 e. The first-order valence-corrected chi connectivity index (χ1v) is 14.4. The maximum atomic E-state index is 14.7. The molecule has 2 aromatic rings. The van der Waals surface area contributed by atoms with Crippen LogP contribution in [-0.4, -0.2) is 81.8 Å². The zero-order valence-electron chi connectivity index (χ0n) is 23.9.